The Morgan fingerprint density at radius 3 is 2.91 bits per heavy atom. The zero-order valence-electron chi connectivity index (χ0n) is 7.44. The summed E-state index contributed by atoms with van der Waals surface area (Å²) < 4.78 is 12.7. The van der Waals surface area contributed by atoms with Gasteiger partial charge in [0.25, 0.3) is 0 Å². The summed E-state index contributed by atoms with van der Waals surface area (Å²) in [6, 6.07) is 0. The zero-order chi connectivity index (χ0) is 8.27. The number of halogens is 1. The highest BCUT2D eigenvalue weighted by molar-refractivity contribution is 5.09. The Morgan fingerprint density at radius 1 is 1.73 bits per heavy atom. The van der Waals surface area contributed by atoms with Gasteiger partial charge in [-0.3, -0.25) is 0 Å². The van der Waals surface area contributed by atoms with Gasteiger partial charge in [0.15, 0.2) is 0 Å². The summed E-state index contributed by atoms with van der Waals surface area (Å²) in [5, 5.41) is 0. The lowest BCUT2D eigenvalue weighted by Crippen LogP contribution is -2.09. The van der Waals surface area contributed by atoms with Crippen LogP contribution in [0.25, 0.3) is 0 Å². The number of rotatable bonds is 2. The molecule has 11 heavy (non-hydrogen) atoms. The van der Waals surface area contributed by atoms with Crippen molar-refractivity contribution in [3.05, 3.63) is 11.6 Å². The van der Waals surface area contributed by atoms with Crippen molar-refractivity contribution in [2.24, 2.45) is 5.92 Å². The first-order valence-electron chi connectivity index (χ1n) is 4.57. The molecular weight excluding hydrogens is 139 g/mol. The molecular formula is C10H17F. The molecule has 0 radical (unpaired) electrons. The lowest BCUT2D eigenvalue weighted by molar-refractivity contribution is 0.302. The van der Waals surface area contributed by atoms with E-state index in [-0.39, 0.29) is 0 Å². The Hall–Kier alpha value is -0.330. The molecule has 0 bridgehead atoms. The molecule has 1 aliphatic rings. The first kappa shape index (κ1) is 8.76. The van der Waals surface area contributed by atoms with Crippen molar-refractivity contribution in [1.29, 1.82) is 0 Å². The maximum Gasteiger partial charge on any atom is 0.104 e. The van der Waals surface area contributed by atoms with Crippen LogP contribution < -0.4 is 0 Å². The summed E-state index contributed by atoms with van der Waals surface area (Å²) in [4.78, 5) is 0. The third kappa shape index (κ3) is 2.32. The number of alkyl halides is 1. The summed E-state index contributed by atoms with van der Waals surface area (Å²) in [7, 11) is 0. The molecule has 0 heterocycles. The summed E-state index contributed by atoms with van der Waals surface area (Å²) in [5.41, 5.74) is 1.47. The van der Waals surface area contributed by atoms with Crippen LogP contribution in [0.1, 0.15) is 39.5 Å². The van der Waals surface area contributed by atoms with Gasteiger partial charge in [0.1, 0.15) is 6.17 Å². The number of hydrogen-bond donors (Lipinski definition) is 0. The standard InChI is InChI=1S/C10H17F/c1-3-8(2)9-4-6-10(11)7-5-9/h4,8,10H,3,5-7H2,1-2H3/t8-,10?/m1/s1. The summed E-state index contributed by atoms with van der Waals surface area (Å²) in [6.07, 6.45) is 5.10. The van der Waals surface area contributed by atoms with Crippen LogP contribution in [0.15, 0.2) is 11.6 Å². The SMILES string of the molecule is CC[C@@H](C)C1=CCC(F)CC1. The third-order valence-corrected chi connectivity index (χ3v) is 2.63. The maximum absolute atomic E-state index is 12.7. The Balaban J connectivity index is 2.47. The predicted molar refractivity (Wildman–Crippen MR) is 46.3 cm³/mol. The van der Waals surface area contributed by atoms with Crippen molar-refractivity contribution in [3.63, 3.8) is 0 Å². The van der Waals surface area contributed by atoms with Crippen LogP contribution in [-0.4, -0.2) is 6.17 Å². The highest BCUT2D eigenvalue weighted by Crippen LogP contribution is 2.27. The lowest BCUT2D eigenvalue weighted by Gasteiger charge is -2.20. The molecule has 1 unspecified atom stereocenters. The van der Waals surface area contributed by atoms with Crippen LogP contribution >= 0.6 is 0 Å². The monoisotopic (exact) mass is 156 g/mol. The van der Waals surface area contributed by atoms with E-state index in [4.69, 9.17) is 0 Å². The second-order valence-electron chi connectivity index (χ2n) is 3.46. The smallest absolute Gasteiger partial charge is 0.104 e. The average molecular weight is 156 g/mol. The fraction of sp³-hybridized carbons (Fsp3) is 0.800. The van der Waals surface area contributed by atoms with Crippen molar-refractivity contribution < 1.29 is 4.39 Å². The van der Waals surface area contributed by atoms with E-state index < -0.39 is 6.17 Å². The highest BCUT2D eigenvalue weighted by Gasteiger charge is 2.15. The van der Waals surface area contributed by atoms with Crippen LogP contribution in [0.3, 0.4) is 0 Å². The predicted octanol–water partition coefficient (Wildman–Crippen LogP) is 3.48. The maximum atomic E-state index is 12.7. The molecule has 0 amide bonds. The van der Waals surface area contributed by atoms with Crippen molar-refractivity contribution >= 4 is 0 Å². The van der Waals surface area contributed by atoms with Crippen LogP contribution in [0.5, 0.6) is 0 Å². The molecule has 0 aromatic carbocycles. The molecule has 0 N–H and O–H groups in total. The molecule has 0 aromatic heterocycles. The minimum atomic E-state index is -0.567. The van der Waals surface area contributed by atoms with Gasteiger partial charge in [-0.2, -0.15) is 0 Å². The second kappa shape index (κ2) is 3.89. The van der Waals surface area contributed by atoms with E-state index in [0.717, 1.165) is 12.8 Å². The Bertz CT molecular complexity index is 149. The average Bonchev–Trinajstić information content (AvgIpc) is 2.05. The van der Waals surface area contributed by atoms with E-state index >= 15 is 0 Å². The number of hydrogen-bond acceptors (Lipinski definition) is 0. The van der Waals surface area contributed by atoms with Crippen LogP contribution in [-0.2, 0) is 0 Å². The van der Waals surface area contributed by atoms with Gasteiger partial charge in [-0.05, 0) is 31.6 Å². The first-order chi connectivity index (χ1) is 5.24. The Morgan fingerprint density at radius 2 is 2.45 bits per heavy atom. The van der Waals surface area contributed by atoms with E-state index in [1.165, 1.54) is 12.0 Å². The van der Waals surface area contributed by atoms with Gasteiger partial charge in [0, 0.05) is 0 Å². The molecule has 0 spiro atoms. The van der Waals surface area contributed by atoms with Gasteiger partial charge in [-0.25, -0.2) is 4.39 Å². The van der Waals surface area contributed by atoms with Crippen LogP contribution in [0.4, 0.5) is 4.39 Å². The van der Waals surface area contributed by atoms with Gasteiger partial charge in [0.2, 0.25) is 0 Å². The minimum Gasteiger partial charge on any atom is -0.247 e. The molecule has 0 fully saturated rings. The van der Waals surface area contributed by atoms with Crippen molar-refractivity contribution in [3.8, 4) is 0 Å². The van der Waals surface area contributed by atoms with Gasteiger partial charge < -0.3 is 0 Å². The molecule has 1 heteroatoms. The van der Waals surface area contributed by atoms with Gasteiger partial charge >= 0.3 is 0 Å². The van der Waals surface area contributed by atoms with E-state index in [0.29, 0.717) is 12.3 Å². The molecule has 0 nitrogen and oxygen atoms in total. The summed E-state index contributed by atoms with van der Waals surface area (Å²) in [5.74, 6) is 0.669. The molecule has 0 aliphatic heterocycles. The number of allylic oxidation sites excluding steroid dienone is 2. The first-order valence-corrected chi connectivity index (χ1v) is 4.57. The normalized spacial score (nSPS) is 27.9. The Labute approximate surface area is 68.5 Å². The van der Waals surface area contributed by atoms with Gasteiger partial charge in [-0.15, -0.1) is 0 Å². The third-order valence-electron chi connectivity index (χ3n) is 2.63. The van der Waals surface area contributed by atoms with E-state index in [1.807, 2.05) is 0 Å². The van der Waals surface area contributed by atoms with E-state index in [2.05, 4.69) is 19.9 Å². The topological polar surface area (TPSA) is 0 Å². The van der Waals surface area contributed by atoms with Gasteiger partial charge in [0.05, 0.1) is 0 Å². The molecule has 0 saturated heterocycles. The quantitative estimate of drug-likeness (QED) is 0.537. The fourth-order valence-electron chi connectivity index (χ4n) is 1.53. The van der Waals surface area contributed by atoms with Crippen molar-refractivity contribution in [2.75, 3.05) is 0 Å². The zero-order valence-corrected chi connectivity index (χ0v) is 7.44. The molecule has 0 saturated carbocycles. The van der Waals surface area contributed by atoms with Gasteiger partial charge in [-0.1, -0.05) is 25.5 Å². The summed E-state index contributed by atoms with van der Waals surface area (Å²) >= 11 is 0. The lowest BCUT2D eigenvalue weighted by atomic mass is 9.88. The molecule has 0 aromatic rings. The van der Waals surface area contributed by atoms with Crippen LogP contribution in [0, 0.1) is 5.92 Å². The minimum absolute atomic E-state index is 0.567. The van der Waals surface area contributed by atoms with Crippen molar-refractivity contribution in [2.45, 2.75) is 45.7 Å². The molecule has 1 aliphatic carbocycles. The van der Waals surface area contributed by atoms with E-state index in [1.54, 1.807) is 0 Å². The van der Waals surface area contributed by atoms with Crippen LogP contribution in [0.2, 0.25) is 0 Å². The second-order valence-corrected chi connectivity index (χ2v) is 3.46. The molecule has 1 rings (SSSR count). The largest absolute Gasteiger partial charge is 0.247 e. The fourth-order valence-corrected chi connectivity index (χ4v) is 1.53. The molecule has 64 valence electrons. The molecule has 2 atom stereocenters. The van der Waals surface area contributed by atoms with Crippen molar-refractivity contribution in [1.82, 2.24) is 0 Å². The highest BCUT2D eigenvalue weighted by atomic mass is 19.1. The van der Waals surface area contributed by atoms with E-state index in [9.17, 15) is 4.39 Å². The summed E-state index contributed by atoms with van der Waals surface area (Å²) in [6.45, 7) is 4.41. The Kier molecular flexibility index (Phi) is 3.10.